The Labute approximate surface area is 120 Å². The SMILES string of the molecule is Cc1nsc(SCCCOc2ccccc2C#N)n1. The highest BCUT2D eigenvalue weighted by molar-refractivity contribution is 8.00. The number of thioether (sulfide) groups is 1. The summed E-state index contributed by atoms with van der Waals surface area (Å²) in [5, 5.41) is 8.92. The molecule has 0 aliphatic heterocycles. The van der Waals surface area contributed by atoms with Crippen molar-refractivity contribution in [3.8, 4) is 11.8 Å². The van der Waals surface area contributed by atoms with Gasteiger partial charge in [-0.1, -0.05) is 23.9 Å². The van der Waals surface area contributed by atoms with Gasteiger partial charge in [-0.05, 0) is 37.0 Å². The van der Waals surface area contributed by atoms with Gasteiger partial charge in [-0.3, -0.25) is 0 Å². The number of ether oxygens (including phenoxy) is 1. The van der Waals surface area contributed by atoms with Crippen LogP contribution in [0.25, 0.3) is 0 Å². The largest absolute Gasteiger partial charge is 0.492 e. The Kier molecular flexibility index (Phi) is 5.19. The Bertz CT molecular complexity index is 577. The van der Waals surface area contributed by atoms with Crippen LogP contribution in [0.1, 0.15) is 17.8 Å². The molecule has 0 unspecified atom stereocenters. The number of rotatable bonds is 6. The third-order valence-electron chi connectivity index (χ3n) is 2.29. The van der Waals surface area contributed by atoms with Crippen molar-refractivity contribution in [1.29, 1.82) is 5.26 Å². The fraction of sp³-hybridized carbons (Fsp3) is 0.308. The second kappa shape index (κ2) is 7.12. The summed E-state index contributed by atoms with van der Waals surface area (Å²) < 4.78 is 10.7. The van der Waals surface area contributed by atoms with E-state index in [1.54, 1.807) is 17.8 Å². The van der Waals surface area contributed by atoms with Crippen LogP contribution >= 0.6 is 23.3 Å². The Morgan fingerprint density at radius 3 is 3.00 bits per heavy atom. The zero-order valence-electron chi connectivity index (χ0n) is 10.5. The summed E-state index contributed by atoms with van der Waals surface area (Å²) in [6, 6.07) is 9.40. The lowest BCUT2D eigenvalue weighted by atomic mass is 10.2. The molecule has 1 heterocycles. The Balaban J connectivity index is 1.71. The summed E-state index contributed by atoms with van der Waals surface area (Å²) in [5.74, 6) is 2.41. The first-order valence-electron chi connectivity index (χ1n) is 5.84. The molecule has 0 atom stereocenters. The Hall–Kier alpha value is -1.58. The van der Waals surface area contributed by atoms with Gasteiger partial charge in [0.05, 0.1) is 12.2 Å². The number of aromatic nitrogens is 2. The van der Waals surface area contributed by atoms with Crippen molar-refractivity contribution in [3.63, 3.8) is 0 Å². The van der Waals surface area contributed by atoms with E-state index in [9.17, 15) is 0 Å². The van der Waals surface area contributed by atoms with E-state index in [-0.39, 0.29) is 0 Å². The van der Waals surface area contributed by atoms with E-state index < -0.39 is 0 Å². The highest BCUT2D eigenvalue weighted by atomic mass is 32.2. The molecule has 0 aliphatic carbocycles. The average Bonchev–Trinajstić information content (AvgIpc) is 2.84. The second-order valence-electron chi connectivity index (χ2n) is 3.77. The predicted molar refractivity (Wildman–Crippen MR) is 76.6 cm³/mol. The molecule has 0 amide bonds. The standard InChI is InChI=1S/C13H13N3OS2/c1-10-15-13(19-16-10)18-8-4-7-17-12-6-3-2-5-11(12)9-14/h2-3,5-6H,4,7-8H2,1H3. The van der Waals surface area contributed by atoms with Gasteiger partial charge in [-0.25, -0.2) is 4.98 Å². The maximum atomic E-state index is 8.92. The predicted octanol–water partition coefficient (Wildman–Crippen LogP) is 3.28. The van der Waals surface area contributed by atoms with E-state index in [1.807, 2.05) is 25.1 Å². The van der Waals surface area contributed by atoms with Crippen molar-refractivity contribution in [2.24, 2.45) is 0 Å². The lowest BCUT2D eigenvalue weighted by Crippen LogP contribution is -2.00. The first kappa shape index (κ1) is 13.8. The molecule has 0 spiro atoms. The molecule has 0 bridgehead atoms. The van der Waals surface area contributed by atoms with Crippen LogP contribution in [0.2, 0.25) is 0 Å². The van der Waals surface area contributed by atoms with Gasteiger partial charge in [0.25, 0.3) is 0 Å². The summed E-state index contributed by atoms with van der Waals surface area (Å²) in [6.45, 7) is 2.49. The number of nitriles is 1. The van der Waals surface area contributed by atoms with Gasteiger partial charge < -0.3 is 4.74 Å². The molecule has 19 heavy (non-hydrogen) atoms. The average molecular weight is 291 g/mol. The van der Waals surface area contributed by atoms with Crippen molar-refractivity contribution in [2.45, 2.75) is 17.7 Å². The summed E-state index contributed by atoms with van der Waals surface area (Å²) in [4.78, 5) is 4.28. The molecule has 0 radical (unpaired) electrons. The molecule has 1 aromatic heterocycles. The number of nitrogens with zero attached hydrogens (tertiary/aromatic N) is 3. The van der Waals surface area contributed by atoms with E-state index in [4.69, 9.17) is 10.00 Å². The van der Waals surface area contributed by atoms with Crippen LogP contribution in [0.5, 0.6) is 5.75 Å². The fourth-order valence-corrected chi connectivity index (χ4v) is 3.05. The highest BCUT2D eigenvalue weighted by Gasteiger charge is 2.03. The van der Waals surface area contributed by atoms with Gasteiger partial charge in [0.1, 0.15) is 17.6 Å². The third kappa shape index (κ3) is 4.23. The normalized spacial score (nSPS) is 10.1. The minimum absolute atomic E-state index is 0.579. The van der Waals surface area contributed by atoms with E-state index in [1.165, 1.54) is 11.5 Å². The molecular weight excluding hydrogens is 278 g/mol. The molecule has 0 N–H and O–H groups in total. The molecule has 2 rings (SSSR count). The molecule has 4 nitrogen and oxygen atoms in total. The van der Waals surface area contributed by atoms with E-state index in [2.05, 4.69) is 15.4 Å². The lowest BCUT2D eigenvalue weighted by Gasteiger charge is -2.06. The van der Waals surface area contributed by atoms with Crippen LogP contribution in [-0.2, 0) is 0 Å². The van der Waals surface area contributed by atoms with Gasteiger partial charge in [0, 0.05) is 5.75 Å². The lowest BCUT2D eigenvalue weighted by molar-refractivity contribution is 0.318. The van der Waals surface area contributed by atoms with E-state index in [0.29, 0.717) is 17.9 Å². The number of para-hydroxylation sites is 1. The van der Waals surface area contributed by atoms with Crippen LogP contribution in [0.4, 0.5) is 0 Å². The molecule has 1 aromatic carbocycles. The van der Waals surface area contributed by atoms with Gasteiger partial charge in [-0.2, -0.15) is 9.64 Å². The monoisotopic (exact) mass is 291 g/mol. The maximum Gasteiger partial charge on any atom is 0.170 e. The molecule has 0 saturated carbocycles. The summed E-state index contributed by atoms with van der Waals surface area (Å²) >= 11 is 3.11. The van der Waals surface area contributed by atoms with Crippen LogP contribution in [0.3, 0.4) is 0 Å². The van der Waals surface area contributed by atoms with Crippen LogP contribution in [0.15, 0.2) is 28.6 Å². The molecule has 98 valence electrons. The second-order valence-corrected chi connectivity index (χ2v) is 5.86. The van der Waals surface area contributed by atoms with Crippen molar-refractivity contribution in [2.75, 3.05) is 12.4 Å². The molecule has 0 aliphatic rings. The van der Waals surface area contributed by atoms with Gasteiger partial charge in [-0.15, -0.1) is 0 Å². The Morgan fingerprint density at radius 1 is 1.42 bits per heavy atom. The molecule has 2 aromatic rings. The first-order valence-corrected chi connectivity index (χ1v) is 7.60. The minimum atomic E-state index is 0.579. The van der Waals surface area contributed by atoms with Crippen molar-refractivity contribution in [3.05, 3.63) is 35.7 Å². The van der Waals surface area contributed by atoms with E-state index >= 15 is 0 Å². The molecule has 6 heteroatoms. The maximum absolute atomic E-state index is 8.92. The zero-order chi connectivity index (χ0) is 13.5. The summed E-state index contributed by atoms with van der Waals surface area (Å²) in [6.07, 6.45) is 0.906. The number of aryl methyl sites for hydroxylation is 1. The quantitative estimate of drug-likeness (QED) is 0.604. The first-order chi connectivity index (χ1) is 9.29. The van der Waals surface area contributed by atoms with Crippen LogP contribution in [0, 0.1) is 18.3 Å². The zero-order valence-corrected chi connectivity index (χ0v) is 12.1. The Morgan fingerprint density at radius 2 is 2.26 bits per heavy atom. The van der Waals surface area contributed by atoms with Crippen molar-refractivity contribution in [1.82, 2.24) is 9.36 Å². The topological polar surface area (TPSA) is 58.8 Å². The number of hydrogen-bond donors (Lipinski definition) is 0. The van der Waals surface area contributed by atoms with Crippen LogP contribution < -0.4 is 4.74 Å². The van der Waals surface area contributed by atoms with E-state index in [0.717, 1.165) is 22.3 Å². The van der Waals surface area contributed by atoms with Crippen molar-refractivity contribution < 1.29 is 4.74 Å². The minimum Gasteiger partial charge on any atom is -0.492 e. The molecule has 0 fully saturated rings. The molecule has 0 saturated heterocycles. The van der Waals surface area contributed by atoms with Crippen molar-refractivity contribution >= 4 is 23.3 Å². The van der Waals surface area contributed by atoms with Gasteiger partial charge in [0.2, 0.25) is 0 Å². The van der Waals surface area contributed by atoms with Crippen LogP contribution in [-0.4, -0.2) is 21.7 Å². The number of benzene rings is 1. The summed E-state index contributed by atoms with van der Waals surface area (Å²) in [5.41, 5.74) is 0.579. The smallest absolute Gasteiger partial charge is 0.170 e. The van der Waals surface area contributed by atoms with Gasteiger partial charge in [0.15, 0.2) is 4.34 Å². The van der Waals surface area contributed by atoms with Gasteiger partial charge >= 0.3 is 0 Å². The summed E-state index contributed by atoms with van der Waals surface area (Å²) in [7, 11) is 0. The number of hydrogen-bond acceptors (Lipinski definition) is 6. The molecular formula is C13H13N3OS2. The fourth-order valence-electron chi connectivity index (χ4n) is 1.42. The third-order valence-corrected chi connectivity index (χ3v) is 4.30. The highest BCUT2D eigenvalue weighted by Crippen LogP contribution is 2.21.